The summed E-state index contributed by atoms with van der Waals surface area (Å²) in [5.41, 5.74) is 0.491. The minimum absolute atomic E-state index is 0.168. The summed E-state index contributed by atoms with van der Waals surface area (Å²) in [5.74, 6) is 0.868. The van der Waals surface area contributed by atoms with E-state index < -0.39 is 10.0 Å². The van der Waals surface area contributed by atoms with E-state index in [9.17, 15) is 13.2 Å². The van der Waals surface area contributed by atoms with Crippen molar-refractivity contribution in [3.8, 4) is 11.5 Å². The van der Waals surface area contributed by atoms with Crippen LogP contribution in [0.2, 0.25) is 5.02 Å². The molecule has 2 aromatic carbocycles. The van der Waals surface area contributed by atoms with Crippen molar-refractivity contribution in [2.75, 3.05) is 25.2 Å². The first-order chi connectivity index (χ1) is 14.9. The number of fused-ring (bicyclic) bond motifs is 2. The second kappa shape index (κ2) is 7.98. The van der Waals surface area contributed by atoms with Crippen molar-refractivity contribution < 1.29 is 22.7 Å². The van der Waals surface area contributed by atoms with Gasteiger partial charge in [0.1, 0.15) is 4.88 Å². The van der Waals surface area contributed by atoms with Gasteiger partial charge in [0.2, 0.25) is 16.8 Å². The first-order valence-electron chi connectivity index (χ1n) is 9.87. The van der Waals surface area contributed by atoms with E-state index in [4.69, 9.17) is 21.1 Å². The van der Waals surface area contributed by atoms with E-state index >= 15 is 0 Å². The first-order valence-corrected chi connectivity index (χ1v) is 12.5. The number of sulfonamides is 1. The highest BCUT2D eigenvalue weighted by atomic mass is 35.5. The van der Waals surface area contributed by atoms with Gasteiger partial charge in [-0.3, -0.25) is 4.79 Å². The topological polar surface area (TPSA) is 84.9 Å². The first kappa shape index (κ1) is 20.6. The third-order valence-electron chi connectivity index (χ3n) is 5.39. The molecule has 1 aromatic heterocycles. The summed E-state index contributed by atoms with van der Waals surface area (Å²) in [6.45, 7) is 1.26. The monoisotopic (exact) mass is 478 g/mol. The Hall–Kier alpha value is -2.33. The minimum atomic E-state index is -3.51. The maximum atomic E-state index is 12.8. The van der Waals surface area contributed by atoms with Gasteiger partial charge in [0, 0.05) is 34.9 Å². The van der Waals surface area contributed by atoms with Crippen LogP contribution >= 0.6 is 22.9 Å². The Kier molecular flexibility index (Phi) is 5.29. The maximum Gasteiger partial charge on any atom is 0.267 e. The number of rotatable bonds is 4. The van der Waals surface area contributed by atoms with Crippen molar-refractivity contribution in [1.29, 1.82) is 0 Å². The SMILES string of the molecule is O=C(Nc1ccc(S(=O)(=O)N2CCCCC2)cc1)c1sc2cc3c(cc2c1Cl)OCO3. The predicted molar refractivity (Wildman–Crippen MR) is 120 cm³/mol. The van der Waals surface area contributed by atoms with E-state index in [-0.39, 0.29) is 17.6 Å². The zero-order valence-corrected chi connectivity index (χ0v) is 18.8. The second-order valence-corrected chi connectivity index (χ2v) is 10.8. The Balaban J connectivity index is 1.35. The summed E-state index contributed by atoms with van der Waals surface area (Å²) in [5, 5.41) is 3.86. The standard InChI is InChI=1S/C21H19ClN2O5S2/c22-19-15-10-16-17(29-12-28-16)11-18(15)30-20(19)21(25)23-13-4-6-14(7-5-13)31(26,27)24-8-2-1-3-9-24/h4-7,10-11H,1-3,8-9,12H2,(H,23,25). The lowest BCUT2D eigenvalue weighted by molar-refractivity contribution is 0.103. The number of anilines is 1. The fourth-order valence-corrected chi connectivity index (χ4v) is 6.69. The molecule has 5 rings (SSSR count). The smallest absolute Gasteiger partial charge is 0.267 e. The number of halogens is 1. The molecule has 1 N–H and O–H groups in total. The van der Waals surface area contributed by atoms with Crippen LogP contribution in [0.15, 0.2) is 41.3 Å². The number of benzene rings is 2. The predicted octanol–water partition coefficient (Wildman–Crippen LogP) is 4.71. The molecule has 3 aromatic rings. The van der Waals surface area contributed by atoms with Gasteiger partial charge in [-0.05, 0) is 43.2 Å². The molecule has 31 heavy (non-hydrogen) atoms. The van der Waals surface area contributed by atoms with Gasteiger partial charge in [-0.2, -0.15) is 4.31 Å². The summed E-state index contributed by atoms with van der Waals surface area (Å²) in [7, 11) is -3.51. The van der Waals surface area contributed by atoms with Crippen LogP contribution in [0.5, 0.6) is 11.5 Å². The molecule has 0 radical (unpaired) electrons. The highest BCUT2D eigenvalue weighted by Gasteiger charge is 2.26. The van der Waals surface area contributed by atoms with E-state index in [1.807, 2.05) is 6.07 Å². The molecule has 1 amide bonds. The fourth-order valence-electron chi connectivity index (χ4n) is 3.75. The average Bonchev–Trinajstić information content (AvgIpc) is 3.37. The van der Waals surface area contributed by atoms with Crippen molar-refractivity contribution in [3.05, 3.63) is 46.3 Å². The molecule has 7 nitrogen and oxygen atoms in total. The van der Waals surface area contributed by atoms with Gasteiger partial charge >= 0.3 is 0 Å². The zero-order chi connectivity index (χ0) is 21.6. The Morgan fingerprint density at radius 3 is 2.42 bits per heavy atom. The van der Waals surface area contributed by atoms with Gasteiger partial charge in [0.25, 0.3) is 5.91 Å². The molecule has 1 fully saturated rings. The summed E-state index contributed by atoms with van der Waals surface area (Å²) >= 11 is 7.72. The van der Waals surface area contributed by atoms with Gasteiger partial charge in [-0.1, -0.05) is 18.0 Å². The summed E-state index contributed by atoms with van der Waals surface area (Å²) in [4.78, 5) is 13.4. The Bertz CT molecular complexity index is 1270. The number of hydrogen-bond acceptors (Lipinski definition) is 6. The molecule has 2 aliphatic rings. The van der Waals surface area contributed by atoms with Crippen LogP contribution < -0.4 is 14.8 Å². The molecule has 1 saturated heterocycles. The largest absolute Gasteiger partial charge is 0.454 e. The van der Waals surface area contributed by atoms with Crippen LogP contribution in [-0.2, 0) is 10.0 Å². The van der Waals surface area contributed by atoms with Gasteiger partial charge < -0.3 is 14.8 Å². The van der Waals surface area contributed by atoms with Gasteiger partial charge in [0.05, 0.1) is 9.92 Å². The number of carbonyl (C=O) groups is 1. The zero-order valence-electron chi connectivity index (χ0n) is 16.4. The molecular weight excluding hydrogens is 460 g/mol. The number of nitrogens with one attached hydrogen (secondary N) is 1. The van der Waals surface area contributed by atoms with Crippen molar-refractivity contribution >= 4 is 54.6 Å². The lowest BCUT2D eigenvalue weighted by atomic mass is 10.2. The number of ether oxygens (including phenoxy) is 2. The third kappa shape index (κ3) is 3.76. The number of carbonyl (C=O) groups excluding carboxylic acids is 1. The number of hydrogen-bond donors (Lipinski definition) is 1. The van der Waals surface area contributed by atoms with Crippen LogP contribution in [0.4, 0.5) is 5.69 Å². The summed E-state index contributed by atoms with van der Waals surface area (Å²) in [6, 6.07) is 9.80. The second-order valence-electron chi connectivity index (χ2n) is 7.39. The van der Waals surface area contributed by atoms with Crippen molar-refractivity contribution in [2.24, 2.45) is 0 Å². The van der Waals surface area contributed by atoms with E-state index in [1.165, 1.54) is 27.8 Å². The molecular formula is C21H19ClN2O5S2. The average molecular weight is 479 g/mol. The molecule has 2 aliphatic heterocycles. The molecule has 10 heteroatoms. The normalized spacial score (nSPS) is 16.5. The lowest BCUT2D eigenvalue weighted by Gasteiger charge is -2.25. The van der Waals surface area contributed by atoms with Gasteiger partial charge in [-0.15, -0.1) is 11.3 Å². The van der Waals surface area contributed by atoms with E-state index in [2.05, 4.69) is 5.32 Å². The molecule has 3 heterocycles. The molecule has 0 aliphatic carbocycles. The highest BCUT2D eigenvalue weighted by Crippen LogP contribution is 2.43. The van der Waals surface area contributed by atoms with Crippen LogP contribution in [0.25, 0.3) is 10.1 Å². The third-order valence-corrected chi connectivity index (χ3v) is 8.96. The lowest BCUT2D eigenvalue weighted by Crippen LogP contribution is -2.35. The Morgan fingerprint density at radius 1 is 1.03 bits per heavy atom. The quantitative estimate of drug-likeness (QED) is 0.587. The van der Waals surface area contributed by atoms with Crippen molar-refractivity contribution in [3.63, 3.8) is 0 Å². The minimum Gasteiger partial charge on any atom is -0.454 e. The number of amides is 1. The van der Waals surface area contributed by atoms with Gasteiger partial charge in [0.15, 0.2) is 11.5 Å². The number of thiophene rings is 1. The van der Waals surface area contributed by atoms with Crippen LogP contribution in [0.3, 0.4) is 0 Å². The highest BCUT2D eigenvalue weighted by molar-refractivity contribution is 7.89. The van der Waals surface area contributed by atoms with E-state index in [1.54, 1.807) is 18.2 Å². The van der Waals surface area contributed by atoms with Crippen molar-refractivity contribution in [2.45, 2.75) is 24.2 Å². The molecule has 0 unspecified atom stereocenters. The van der Waals surface area contributed by atoms with Gasteiger partial charge in [-0.25, -0.2) is 8.42 Å². The molecule has 162 valence electrons. The maximum absolute atomic E-state index is 12.8. The summed E-state index contributed by atoms with van der Waals surface area (Å²) < 4.78 is 38.7. The van der Waals surface area contributed by atoms with Crippen LogP contribution in [0, 0.1) is 0 Å². The van der Waals surface area contributed by atoms with E-state index in [0.717, 1.165) is 29.3 Å². The molecule has 0 bridgehead atoms. The number of piperidine rings is 1. The van der Waals surface area contributed by atoms with Crippen LogP contribution in [0.1, 0.15) is 28.9 Å². The fraction of sp³-hybridized carbons (Fsp3) is 0.286. The summed E-state index contributed by atoms with van der Waals surface area (Å²) in [6.07, 6.45) is 2.81. The molecule has 0 saturated carbocycles. The van der Waals surface area contributed by atoms with Crippen molar-refractivity contribution in [1.82, 2.24) is 4.31 Å². The molecule has 0 atom stereocenters. The number of nitrogens with zero attached hydrogens (tertiary/aromatic N) is 1. The Morgan fingerprint density at radius 2 is 1.71 bits per heavy atom. The van der Waals surface area contributed by atoms with Crippen LogP contribution in [-0.4, -0.2) is 38.5 Å². The molecule has 0 spiro atoms. The van der Waals surface area contributed by atoms with E-state index in [0.29, 0.717) is 40.2 Å². The Labute approximate surface area is 188 Å².